The first-order chi connectivity index (χ1) is 32.5. The Balaban J connectivity index is 1.16. The van der Waals surface area contributed by atoms with Gasteiger partial charge in [0.25, 0.3) is 0 Å². The van der Waals surface area contributed by atoms with Crippen molar-refractivity contribution in [2.75, 3.05) is 4.90 Å². The third-order valence-corrected chi connectivity index (χ3v) is 13.5. The van der Waals surface area contributed by atoms with E-state index in [1.165, 1.54) is 83.1 Å². The third-order valence-electron chi connectivity index (χ3n) is 13.5. The van der Waals surface area contributed by atoms with Crippen LogP contribution in [0.25, 0.3) is 55.3 Å². The molecular weight excluding hydrogens is 807 g/mol. The number of nitrogens with zero attached hydrogens (tertiary/aromatic N) is 1. The van der Waals surface area contributed by atoms with Gasteiger partial charge in [0.15, 0.2) is 0 Å². The molecule has 0 aliphatic heterocycles. The highest BCUT2D eigenvalue weighted by molar-refractivity contribution is 6.09. The lowest BCUT2D eigenvalue weighted by molar-refractivity contribution is 0.569. The van der Waals surface area contributed by atoms with Crippen molar-refractivity contribution in [3.63, 3.8) is 0 Å². The van der Waals surface area contributed by atoms with E-state index >= 15 is 0 Å². The van der Waals surface area contributed by atoms with Crippen LogP contribution in [0.15, 0.2) is 231 Å². The first-order valence-electron chi connectivity index (χ1n) is 23.9. The monoisotopic (exact) mass is 865 g/mol. The molecule has 0 fully saturated rings. The highest BCUT2D eigenvalue weighted by Gasteiger charge is 2.26. The third kappa shape index (κ3) is 8.83. The molecular formula is C66H59N. The number of anilines is 3. The van der Waals surface area contributed by atoms with Gasteiger partial charge in [-0.2, -0.15) is 0 Å². The molecule has 1 nitrogen and oxygen atoms in total. The maximum absolute atomic E-state index is 2.51. The summed E-state index contributed by atoms with van der Waals surface area (Å²) in [7, 11) is 0. The van der Waals surface area contributed by atoms with E-state index in [4.69, 9.17) is 0 Å². The van der Waals surface area contributed by atoms with Crippen molar-refractivity contribution in [3.8, 4) is 33.4 Å². The first-order valence-corrected chi connectivity index (χ1v) is 23.9. The zero-order valence-electron chi connectivity index (χ0n) is 39.7. The van der Waals surface area contributed by atoms with E-state index in [0.717, 1.165) is 23.5 Å². The van der Waals surface area contributed by atoms with Gasteiger partial charge in [-0.15, -0.1) is 0 Å². The average Bonchev–Trinajstić information content (AvgIpc) is 3.36. The molecule has 1 aliphatic rings. The van der Waals surface area contributed by atoms with Gasteiger partial charge in [0.1, 0.15) is 0 Å². The van der Waals surface area contributed by atoms with Crippen LogP contribution in [-0.2, 0) is 10.8 Å². The van der Waals surface area contributed by atoms with Gasteiger partial charge in [0, 0.05) is 22.7 Å². The van der Waals surface area contributed by atoms with Gasteiger partial charge in [0.05, 0.1) is 11.4 Å². The van der Waals surface area contributed by atoms with E-state index in [2.05, 4.69) is 277 Å². The Bertz CT molecular complexity index is 3210. The van der Waals surface area contributed by atoms with Gasteiger partial charge in [-0.1, -0.05) is 248 Å². The van der Waals surface area contributed by atoms with Crippen molar-refractivity contribution < 1.29 is 0 Å². The number of hydrogen-bond donors (Lipinski definition) is 0. The second-order valence-corrected chi connectivity index (χ2v) is 20.1. The summed E-state index contributed by atoms with van der Waals surface area (Å²) >= 11 is 0. The van der Waals surface area contributed by atoms with E-state index in [-0.39, 0.29) is 16.7 Å². The van der Waals surface area contributed by atoms with Crippen LogP contribution in [0.3, 0.4) is 0 Å². The van der Waals surface area contributed by atoms with Crippen LogP contribution in [0.1, 0.15) is 81.7 Å². The van der Waals surface area contributed by atoms with Crippen molar-refractivity contribution >= 4 is 39.0 Å². The molecule has 0 saturated heterocycles. The van der Waals surface area contributed by atoms with E-state index in [0.29, 0.717) is 0 Å². The predicted molar refractivity (Wildman–Crippen MR) is 289 cm³/mol. The normalized spacial score (nSPS) is 14.1. The Morgan fingerprint density at radius 1 is 0.388 bits per heavy atom. The van der Waals surface area contributed by atoms with E-state index in [9.17, 15) is 0 Å². The topological polar surface area (TPSA) is 3.24 Å². The summed E-state index contributed by atoms with van der Waals surface area (Å²) in [4.78, 5) is 2.51. The molecule has 10 rings (SSSR count). The van der Waals surface area contributed by atoms with Gasteiger partial charge < -0.3 is 4.90 Å². The number of para-hydroxylation sites is 2. The van der Waals surface area contributed by atoms with Crippen molar-refractivity contribution in [3.05, 3.63) is 258 Å². The summed E-state index contributed by atoms with van der Waals surface area (Å²) in [6.45, 7) is 13.9. The second kappa shape index (κ2) is 18.1. The number of benzene rings is 9. The summed E-state index contributed by atoms with van der Waals surface area (Å²) in [5, 5.41) is 2.47. The van der Waals surface area contributed by atoms with E-state index < -0.39 is 0 Å². The highest BCUT2D eigenvalue weighted by Crippen LogP contribution is 2.49. The maximum atomic E-state index is 2.51. The lowest BCUT2D eigenvalue weighted by Crippen LogP contribution is -2.17. The fourth-order valence-corrected chi connectivity index (χ4v) is 9.87. The summed E-state index contributed by atoms with van der Waals surface area (Å²) < 4.78 is 0. The van der Waals surface area contributed by atoms with Crippen LogP contribution in [0, 0.1) is 0 Å². The van der Waals surface area contributed by atoms with Gasteiger partial charge in [0.2, 0.25) is 0 Å². The van der Waals surface area contributed by atoms with Crippen molar-refractivity contribution in [2.45, 2.75) is 64.7 Å². The maximum Gasteiger partial charge on any atom is 0.0540 e. The lowest BCUT2D eigenvalue weighted by atomic mass is 9.78. The summed E-state index contributed by atoms with van der Waals surface area (Å²) in [5.74, 6) is 0.229. The molecule has 0 aromatic heterocycles. The average molecular weight is 866 g/mol. The molecule has 0 amide bonds. The van der Waals surface area contributed by atoms with Crippen molar-refractivity contribution in [1.82, 2.24) is 0 Å². The Labute approximate surface area is 398 Å². The molecule has 0 radical (unpaired) electrons. The Morgan fingerprint density at radius 2 is 0.866 bits per heavy atom. The van der Waals surface area contributed by atoms with Crippen molar-refractivity contribution in [2.24, 2.45) is 0 Å². The molecule has 0 saturated carbocycles. The summed E-state index contributed by atoms with van der Waals surface area (Å²) in [6.07, 6.45) is 5.87. The number of fused-ring (bicyclic) bond motifs is 1. The minimum atomic E-state index is -0.0249. The van der Waals surface area contributed by atoms with E-state index in [1.807, 2.05) is 0 Å². The highest BCUT2D eigenvalue weighted by atomic mass is 15.1. The van der Waals surface area contributed by atoms with Crippen molar-refractivity contribution in [1.29, 1.82) is 0 Å². The van der Waals surface area contributed by atoms with Gasteiger partial charge in [-0.25, -0.2) is 0 Å². The molecule has 328 valence electrons. The zero-order valence-corrected chi connectivity index (χ0v) is 39.7. The molecule has 9 aromatic rings. The van der Waals surface area contributed by atoms with Gasteiger partial charge in [-0.05, 0) is 114 Å². The summed E-state index contributed by atoms with van der Waals surface area (Å²) in [6, 6.07) is 80.7. The molecule has 1 aliphatic carbocycles. The first kappa shape index (κ1) is 43.4. The minimum absolute atomic E-state index is 0.0249. The van der Waals surface area contributed by atoms with E-state index in [1.54, 1.807) is 0 Å². The number of rotatable bonds is 9. The molecule has 9 aromatic carbocycles. The number of allylic oxidation sites excluding steroid dienone is 4. The molecule has 1 atom stereocenters. The summed E-state index contributed by atoms with van der Waals surface area (Å²) in [5.41, 5.74) is 19.6. The fourth-order valence-electron chi connectivity index (χ4n) is 9.87. The second-order valence-electron chi connectivity index (χ2n) is 20.1. The van der Waals surface area contributed by atoms with Crippen LogP contribution in [0.2, 0.25) is 0 Å². The predicted octanol–water partition coefficient (Wildman–Crippen LogP) is 18.6. The largest absolute Gasteiger partial charge is 0.309 e. The molecule has 0 bridgehead atoms. The smallest absolute Gasteiger partial charge is 0.0540 e. The van der Waals surface area contributed by atoms with Crippen LogP contribution >= 0.6 is 0 Å². The molecule has 0 spiro atoms. The van der Waals surface area contributed by atoms with Gasteiger partial charge in [-0.3, -0.25) is 0 Å². The molecule has 67 heavy (non-hydrogen) atoms. The van der Waals surface area contributed by atoms with Gasteiger partial charge >= 0.3 is 0 Å². The van der Waals surface area contributed by atoms with Crippen LogP contribution < -0.4 is 4.90 Å². The van der Waals surface area contributed by atoms with Crippen LogP contribution in [-0.4, -0.2) is 0 Å². The van der Waals surface area contributed by atoms with Crippen LogP contribution in [0.4, 0.5) is 17.1 Å². The SMILES string of the molecule is CC(C)(C)c1cc(-c2ccccc2N(c2ccc(C3C=C(c4ccccc4)C(c4ccccc4)=CC3)cc2)c2ccccc2-c2cccc3cccc(-c4ccccc4)c23)cc(C(C)(C)C)c1. The minimum Gasteiger partial charge on any atom is -0.309 e. The molecule has 1 unspecified atom stereocenters. The molecule has 0 N–H and O–H groups in total. The quantitative estimate of drug-likeness (QED) is 0.140. The van der Waals surface area contributed by atoms with Crippen LogP contribution in [0.5, 0.6) is 0 Å². The Hall–Kier alpha value is -7.48. The standard InChI is InChI=1S/C66H59N/c1-65(2,3)53-42-52(43-54(45-53)66(4,5)6)57-30-16-18-34-62(57)67(63-35-19-17-31-59(63)60-33-21-29-50-28-20-32-58(64(50)60)48-24-12-8-13-25-48)55-39-36-46(37-40-55)51-38-41-56(47-22-10-7-11-23-47)61(44-51)49-26-14-9-15-27-49/h7-37,39-45,51H,38H2,1-6H3. The molecule has 1 heteroatoms. The fraction of sp³-hybridized carbons (Fsp3) is 0.152. The Morgan fingerprint density at radius 3 is 1.45 bits per heavy atom. The zero-order chi connectivity index (χ0) is 46.1. The Kier molecular flexibility index (Phi) is 11.7. The molecule has 0 heterocycles. The lowest BCUT2D eigenvalue weighted by Gasteiger charge is -2.31. The number of hydrogen-bond acceptors (Lipinski definition) is 1.